The van der Waals surface area contributed by atoms with Crippen molar-refractivity contribution in [2.75, 3.05) is 4.90 Å². The minimum absolute atomic E-state index is 0.473. The molecule has 2 aliphatic carbocycles. The first-order chi connectivity index (χ1) is 35.2. The van der Waals surface area contributed by atoms with Crippen molar-refractivity contribution in [3.63, 3.8) is 0 Å². The van der Waals surface area contributed by atoms with Gasteiger partial charge in [0.15, 0.2) is 0 Å². The Morgan fingerprint density at radius 2 is 0.775 bits per heavy atom. The van der Waals surface area contributed by atoms with E-state index in [9.17, 15) is 0 Å². The molecule has 0 fully saturated rings. The molecule has 2 spiro atoms. The van der Waals surface area contributed by atoms with E-state index in [4.69, 9.17) is 4.74 Å². The molecule has 0 N–H and O–H groups in total. The summed E-state index contributed by atoms with van der Waals surface area (Å²) in [7, 11) is 0. The third kappa shape index (κ3) is 4.92. The number of hydrogen-bond donors (Lipinski definition) is 0. The molecule has 0 saturated heterocycles. The third-order valence-electron chi connectivity index (χ3n) is 16.3. The van der Waals surface area contributed by atoms with Crippen LogP contribution in [-0.2, 0) is 10.8 Å². The first kappa shape index (κ1) is 38.8. The third-order valence-corrected chi connectivity index (χ3v) is 16.3. The summed E-state index contributed by atoms with van der Waals surface area (Å²) < 4.78 is 9.26. The highest BCUT2D eigenvalue weighted by Crippen LogP contribution is 2.66. The molecular weight excluding hydrogens is 861 g/mol. The lowest BCUT2D eigenvalue weighted by molar-refractivity contribution is 0.434. The first-order valence-electron chi connectivity index (χ1n) is 24.7. The number of nitrogens with zero attached hydrogens (tertiary/aromatic N) is 2. The summed E-state index contributed by atoms with van der Waals surface area (Å²) in [6, 6.07) is 94.7. The summed E-state index contributed by atoms with van der Waals surface area (Å²) in [6.07, 6.45) is 0. The lowest BCUT2D eigenvalue weighted by atomic mass is 9.61. The lowest BCUT2D eigenvalue weighted by Gasteiger charge is -2.48. The average molecular weight is 903 g/mol. The second-order valence-corrected chi connectivity index (χ2v) is 19.5. The molecule has 0 bridgehead atoms. The van der Waals surface area contributed by atoms with E-state index in [2.05, 4.69) is 264 Å². The minimum Gasteiger partial charge on any atom is -0.457 e. The van der Waals surface area contributed by atoms with Gasteiger partial charge < -0.3 is 14.2 Å². The Kier molecular flexibility index (Phi) is 7.75. The number of aromatic nitrogens is 1. The molecule has 11 aromatic carbocycles. The van der Waals surface area contributed by atoms with Gasteiger partial charge >= 0.3 is 0 Å². The van der Waals surface area contributed by atoms with Crippen LogP contribution in [0.25, 0.3) is 60.9 Å². The van der Waals surface area contributed by atoms with E-state index in [0.717, 1.165) is 50.9 Å². The van der Waals surface area contributed by atoms with Crippen LogP contribution in [0.4, 0.5) is 17.1 Å². The van der Waals surface area contributed by atoms with Crippen LogP contribution in [0, 0.1) is 0 Å². The van der Waals surface area contributed by atoms with Crippen molar-refractivity contribution in [1.82, 2.24) is 4.57 Å². The van der Waals surface area contributed by atoms with Crippen LogP contribution < -0.4 is 9.64 Å². The van der Waals surface area contributed by atoms with Crippen LogP contribution in [0.1, 0.15) is 44.5 Å². The van der Waals surface area contributed by atoms with E-state index in [-0.39, 0.29) is 0 Å². The summed E-state index contributed by atoms with van der Waals surface area (Å²) in [5, 5.41) is 2.46. The summed E-state index contributed by atoms with van der Waals surface area (Å²) in [4.78, 5) is 2.54. The Bertz CT molecular complexity index is 4130. The highest BCUT2D eigenvalue weighted by atomic mass is 16.5. The van der Waals surface area contributed by atoms with Gasteiger partial charge in [0, 0.05) is 33.3 Å². The quantitative estimate of drug-likeness (QED) is 0.176. The monoisotopic (exact) mass is 902 g/mol. The van der Waals surface area contributed by atoms with E-state index >= 15 is 0 Å². The van der Waals surface area contributed by atoms with Gasteiger partial charge in [0.2, 0.25) is 0 Å². The van der Waals surface area contributed by atoms with Crippen LogP contribution in [0.2, 0.25) is 0 Å². The number of rotatable bonds is 3. The Balaban J connectivity index is 0.975. The van der Waals surface area contributed by atoms with Crippen LogP contribution in [0.5, 0.6) is 11.5 Å². The minimum atomic E-state index is -0.713. The number of benzene rings is 11. The van der Waals surface area contributed by atoms with Crippen LogP contribution in [0.15, 0.2) is 255 Å². The largest absolute Gasteiger partial charge is 0.457 e. The molecule has 3 nitrogen and oxygen atoms in total. The summed E-state index contributed by atoms with van der Waals surface area (Å²) in [5.41, 5.74) is 23.3. The van der Waals surface area contributed by atoms with Crippen molar-refractivity contribution in [3.8, 4) is 50.6 Å². The summed E-state index contributed by atoms with van der Waals surface area (Å²) in [6.45, 7) is 0. The van der Waals surface area contributed by atoms with Crippen molar-refractivity contribution < 1.29 is 4.74 Å². The summed E-state index contributed by atoms with van der Waals surface area (Å²) >= 11 is 0. The Morgan fingerprint density at radius 3 is 1.46 bits per heavy atom. The maximum absolute atomic E-state index is 6.87. The van der Waals surface area contributed by atoms with Gasteiger partial charge in [-0.05, 0) is 140 Å². The van der Waals surface area contributed by atoms with Gasteiger partial charge in [-0.15, -0.1) is 0 Å². The lowest BCUT2D eigenvalue weighted by Crippen LogP contribution is -2.39. The highest BCUT2D eigenvalue weighted by Gasteiger charge is 2.54. The SMILES string of the molecule is c1ccc(-n2c3ccccc3c3cc(-c4ccc5c(c4)C4(c6ccccc6Oc6ccccc64)c4ccccc4N5c4ccc5c(c4)C4(c6ccccc6-c6ccccc64)c4ccccc4-5)ccc32)cc1. The van der Waals surface area contributed by atoms with E-state index in [1.807, 2.05) is 0 Å². The number of fused-ring (bicyclic) bond motifs is 21. The molecule has 16 rings (SSSR count). The van der Waals surface area contributed by atoms with E-state index in [1.165, 1.54) is 83.0 Å². The zero-order chi connectivity index (χ0) is 46.4. The average Bonchev–Trinajstić information content (AvgIpc) is 4.04. The fraction of sp³-hybridized carbons (Fsp3) is 0.0294. The fourth-order valence-electron chi connectivity index (χ4n) is 13.6. The molecule has 12 aromatic rings. The van der Waals surface area contributed by atoms with Gasteiger partial charge in [0.25, 0.3) is 0 Å². The van der Waals surface area contributed by atoms with Crippen LogP contribution >= 0.6 is 0 Å². The van der Waals surface area contributed by atoms with Gasteiger partial charge in [0.05, 0.1) is 33.2 Å². The molecule has 0 saturated carbocycles. The molecule has 4 aliphatic rings. The first-order valence-corrected chi connectivity index (χ1v) is 24.7. The molecule has 71 heavy (non-hydrogen) atoms. The second-order valence-electron chi connectivity index (χ2n) is 19.5. The Hall–Kier alpha value is -9.18. The van der Waals surface area contributed by atoms with Crippen molar-refractivity contribution in [3.05, 3.63) is 299 Å². The maximum atomic E-state index is 6.87. The molecule has 1 aromatic heterocycles. The molecule has 3 heteroatoms. The highest BCUT2D eigenvalue weighted by molar-refractivity contribution is 6.10. The molecule has 0 amide bonds. The fourth-order valence-corrected chi connectivity index (χ4v) is 13.6. The molecule has 2 aliphatic heterocycles. The van der Waals surface area contributed by atoms with Crippen LogP contribution in [0.3, 0.4) is 0 Å². The predicted molar refractivity (Wildman–Crippen MR) is 289 cm³/mol. The predicted octanol–water partition coefficient (Wildman–Crippen LogP) is 17.1. The number of anilines is 3. The van der Waals surface area contributed by atoms with E-state index < -0.39 is 10.8 Å². The van der Waals surface area contributed by atoms with Gasteiger partial charge in [-0.25, -0.2) is 0 Å². The zero-order valence-electron chi connectivity index (χ0n) is 38.6. The number of hydrogen-bond acceptors (Lipinski definition) is 2. The molecule has 330 valence electrons. The molecular formula is C68H42N2O. The normalized spacial score (nSPS) is 14.5. The smallest absolute Gasteiger partial charge is 0.132 e. The van der Waals surface area contributed by atoms with Gasteiger partial charge in [-0.1, -0.05) is 182 Å². The second kappa shape index (κ2) is 14.2. The van der Waals surface area contributed by atoms with Crippen molar-refractivity contribution >= 4 is 38.9 Å². The Morgan fingerprint density at radius 1 is 0.282 bits per heavy atom. The topological polar surface area (TPSA) is 17.4 Å². The molecule has 0 unspecified atom stereocenters. The molecule has 0 radical (unpaired) electrons. The van der Waals surface area contributed by atoms with Gasteiger partial charge in [-0.2, -0.15) is 0 Å². The summed E-state index contributed by atoms with van der Waals surface area (Å²) in [5.74, 6) is 1.74. The van der Waals surface area contributed by atoms with E-state index in [1.54, 1.807) is 0 Å². The molecule has 0 atom stereocenters. The van der Waals surface area contributed by atoms with Crippen molar-refractivity contribution in [2.45, 2.75) is 10.8 Å². The number of para-hydroxylation sites is 5. The zero-order valence-corrected chi connectivity index (χ0v) is 38.6. The van der Waals surface area contributed by atoms with E-state index in [0.29, 0.717) is 0 Å². The standard InChI is InChI=1S/C68H42N2O/c1-2-18-45(19-3-1)69-61-30-14-7-23-51(61)52-40-43(34-38-62(52)69)44-35-39-64-60(41-44)68(57-28-12-16-32-65(57)71-66-33-17-13-29-58(66)68)56-27-11-15-31-63(56)70(64)46-36-37-50-49-22-6-10-26-55(49)67(59(50)42-46)53-24-8-4-20-47(53)48-21-5-9-25-54(48)67/h1-42H. The Labute approximate surface area is 411 Å². The van der Waals surface area contributed by atoms with Gasteiger partial charge in [-0.3, -0.25) is 0 Å². The molecule has 3 heterocycles. The maximum Gasteiger partial charge on any atom is 0.132 e. The number of ether oxygens (including phenoxy) is 1. The van der Waals surface area contributed by atoms with Gasteiger partial charge in [0.1, 0.15) is 11.5 Å². The van der Waals surface area contributed by atoms with Crippen molar-refractivity contribution in [1.29, 1.82) is 0 Å². The van der Waals surface area contributed by atoms with Crippen molar-refractivity contribution in [2.24, 2.45) is 0 Å². The van der Waals surface area contributed by atoms with Crippen LogP contribution in [-0.4, -0.2) is 4.57 Å².